The monoisotopic (exact) mass is 366 g/mol. The zero-order valence-corrected chi connectivity index (χ0v) is 14.1. The predicted molar refractivity (Wildman–Crippen MR) is 88.7 cm³/mol. The van der Waals surface area contributed by atoms with Crippen LogP contribution in [0.25, 0.3) is 11.1 Å². The Morgan fingerprint density at radius 3 is 2.38 bits per heavy atom. The molecule has 24 heavy (non-hydrogen) atoms. The molecule has 0 N–H and O–H groups in total. The fourth-order valence-corrected chi connectivity index (χ4v) is 3.39. The molecular formula is C17H12ClFO4S. The molecule has 0 unspecified atom stereocenters. The van der Waals surface area contributed by atoms with Gasteiger partial charge in [-0.05, 0) is 35.9 Å². The van der Waals surface area contributed by atoms with Gasteiger partial charge in [-0.3, -0.25) is 0 Å². The summed E-state index contributed by atoms with van der Waals surface area (Å²) in [5.74, 6) is -1.06. The molecule has 7 heteroatoms. The molecule has 1 aliphatic rings. The van der Waals surface area contributed by atoms with Crippen molar-refractivity contribution >= 4 is 38.6 Å². The lowest BCUT2D eigenvalue weighted by atomic mass is 9.96. The van der Waals surface area contributed by atoms with Crippen molar-refractivity contribution in [2.24, 2.45) is 0 Å². The second-order valence-electron chi connectivity index (χ2n) is 5.35. The van der Waals surface area contributed by atoms with Gasteiger partial charge in [-0.2, -0.15) is 0 Å². The van der Waals surface area contributed by atoms with Crippen LogP contribution >= 0.6 is 11.6 Å². The van der Waals surface area contributed by atoms with E-state index in [1.807, 2.05) is 0 Å². The molecule has 3 rings (SSSR count). The van der Waals surface area contributed by atoms with Gasteiger partial charge in [0, 0.05) is 17.4 Å². The highest BCUT2D eigenvalue weighted by molar-refractivity contribution is 7.90. The molecule has 0 aliphatic carbocycles. The number of sulfone groups is 1. The largest absolute Gasteiger partial charge is 0.457 e. The lowest BCUT2D eigenvalue weighted by molar-refractivity contribution is -0.133. The summed E-state index contributed by atoms with van der Waals surface area (Å²) in [7, 11) is -3.31. The number of hydrogen-bond donors (Lipinski definition) is 0. The van der Waals surface area contributed by atoms with Crippen molar-refractivity contribution in [3.05, 3.63) is 64.4 Å². The van der Waals surface area contributed by atoms with Gasteiger partial charge >= 0.3 is 5.97 Å². The molecule has 0 bridgehead atoms. The first-order valence-corrected chi connectivity index (χ1v) is 9.20. The number of rotatable bonds is 3. The van der Waals surface area contributed by atoms with E-state index in [1.165, 1.54) is 24.3 Å². The maximum Gasteiger partial charge on any atom is 0.339 e. The van der Waals surface area contributed by atoms with Crippen LogP contribution in [0, 0.1) is 5.82 Å². The van der Waals surface area contributed by atoms with Crippen LogP contribution in [0.15, 0.2) is 47.4 Å². The van der Waals surface area contributed by atoms with Gasteiger partial charge in [0.2, 0.25) is 0 Å². The fraction of sp³-hybridized carbons (Fsp3) is 0.118. The van der Waals surface area contributed by atoms with Gasteiger partial charge in [-0.15, -0.1) is 0 Å². The zero-order chi connectivity index (χ0) is 17.5. The standard InChI is InChI=1S/C17H12ClFO4S/c1-24(21,22)12-5-2-10(3-6-12)14-9-23-17(20)16(14)13-7-4-11(19)8-15(13)18/h2-8H,9H2,1H3. The summed E-state index contributed by atoms with van der Waals surface area (Å²) < 4.78 is 41.4. The molecule has 0 radical (unpaired) electrons. The second-order valence-corrected chi connectivity index (χ2v) is 7.77. The quantitative estimate of drug-likeness (QED) is 0.781. The van der Waals surface area contributed by atoms with Crippen LogP contribution in [0.1, 0.15) is 11.1 Å². The number of benzene rings is 2. The summed E-state index contributed by atoms with van der Waals surface area (Å²) in [5, 5.41) is 0.106. The van der Waals surface area contributed by atoms with E-state index in [4.69, 9.17) is 16.3 Å². The number of esters is 1. The third-order valence-corrected chi connectivity index (χ3v) is 5.13. The molecular weight excluding hydrogens is 355 g/mol. The number of ether oxygens (including phenoxy) is 1. The summed E-state index contributed by atoms with van der Waals surface area (Å²) in [6.45, 7) is 0.0418. The van der Waals surface area contributed by atoms with Crippen molar-refractivity contribution in [1.82, 2.24) is 0 Å². The SMILES string of the molecule is CS(=O)(=O)c1ccc(C2=C(c3ccc(F)cc3Cl)C(=O)OC2)cc1. The first-order chi connectivity index (χ1) is 11.3. The molecule has 2 aromatic rings. The van der Waals surface area contributed by atoms with Crippen LogP contribution in [-0.4, -0.2) is 27.2 Å². The summed E-state index contributed by atoms with van der Waals surface area (Å²) in [4.78, 5) is 12.3. The van der Waals surface area contributed by atoms with Crippen molar-refractivity contribution < 1.29 is 22.3 Å². The maximum atomic E-state index is 13.2. The van der Waals surface area contributed by atoms with Crippen molar-refractivity contribution in [2.45, 2.75) is 4.90 Å². The molecule has 0 fully saturated rings. The average Bonchev–Trinajstić information content (AvgIpc) is 2.88. The van der Waals surface area contributed by atoms with Crippen LogP contribution in [0.5, 0.6) is 0 Å². The van der Waals surface area contributed by atoms with E-state index in [1.54, 1.807) is 12.1 Å². The molecule has 2 aromatic carbocycles. The van der Waals surface area contributed by atoms with Crippen molar-refractivity contribution in [2.75, 3.05) is 12.9 Å². The smallest absolute Gasteiger partial charge is 0.339 e. The van der Waals surface area contributed by atoms with Gasteiger partial charge < -0.3 is 4.74 Å². The third kappa shape index (κ3) is 3.07. The van der Waals surface area contributed by atoms with E-state index < -0.39 is 21.6 Å². The number of cyclic esters (lactones) is 1. The maximum absolute atomic E-state index is 13.2. The Morgan fingerprint density at radius 1 is 1.12 bits per heavy atom. The minimum absolute atomic E-state index is 0.0418. The fourth-order valence-electron chi connectivity index (χ4n) is 2.50. The van der Waals surface area contributed by atoms with Crippen LogP contribution in [0.3, 0.4) is 0 Å². The Hall–Kier alpha value is -2.18. The molecule has 0 spiro atoms. The van der Waals surface area contributed by atoms with E-state index in [0.717, 1.165) is 12.3 Å². The van der Waals surface area contributed by atoms with Crippen molar-refractivity contribution in [3.63, 3.8) is 0 Å². The first-order valence-electron chi connectivity index (χ1n) is 6.93. The van der Waals surface area contributed by atoms with E-state index in [-0.39, 0.29) is 22.1 Å². The van der Waals surface area contributed by atoms with Gasteiger partial charge in [-0.1, -0.05) is 23.7 Å². The van der Waals surface area contributed by atoms with Gasteiger partial charge in [0.15, 0.2) is 9.84 Å². The second kappa shape index (κ2) is 6.03. The number of hydrogen-bond acceptors (Lipinski definition) is 4. The molecule has 124 valence electrons. The Bertz CT molecular complexity index is 963. The van der Waals surface area contributed by atoms with Gasteiger partial charge in [0.05, 0.1) is 15.5 Å². The van der Waals surface area contributed by atoms with E-state index in [2.05, 4.69) is 0 Å². The minimum atomic E-state index is -3.31. The van der Waals surface area contributed by atoms with E-state index in [0.29, 0.717) is 16.7 Å². The first kappa shape index (κ1) is 16.7. The summed E-state index contributed by atoms with van der Waals surface area (Å²) >= 11 is 6.05. The van der Waals surface area contributed by atoms with Crippen molar-refractivity contribution in [3.8, 4) is 0 Å². The van der Waals surface area contributed by atoms with Gasteiger partial charge in [-0.25, -0.2) is 17.6 Å². The highest BCUT2D eigenvalue weighted by Crippen LogP contribution is 2.36. The highest BCUT2D eigenvalue weighted by Gasteiger charge is 2.28. The summed E-state index contributed by atoms with van der Waals surface area (Å²) in [5.41, 5.74) is 1.85. The molecule has 1 aliphatic heterocycles. The Kier molecular flexibility index (Phi) is 4.19. The van der Waals surface area contributed by atoms with Crippen LogP contribution in [-0.2, 0) is 19.4 Å². The van der Waals surface area contributed by atoms with Crippen LogP contribution in [0.4, 0.5) is 4.39 Å². The number of carbonyl (C=O) groups is 1. The van der Waals surface area contributed by atoms with Crippen LogP contribution in [0.2, 0.25) is 5.02 Å². The molecule has 0 atom stereocenters. The lowest BCUT2D eigenvalue weighted by Gasteiger charge is -2.07. The molecule has 0 saturated carbocycles. The molecule has 1 heterocycles. The number of halogens is 2. The molecule has 0 amide bonds. The zero-order valence-electron chi connectivity index (χ0n) is 12.5. The lowest BCUT2D eigenvalue weighted by Crippen LogP contribution is -1.99. The summed E-state index contributed by atoms with van der Waals surface area (Å²) in [6.07, 6.45) is 1.12. The topological polar surface area (TPSA) is 60.4 Å². The van der Waals surface area contributed by atoms with E-state index in [9.17, 15) is 17.6 Å². The molecule has 0 aromatic heterocycles. The van der Waals surface area contributed by atoms with Gasteiger partial charge in [0.25, 0.3) is 0 Å². The van der Waals surface area contributed by atoms with Crippen LogP contribution < -0.4 is 0 Å². The summed E-state index contributed by atoms with van der Waals surface area (Å²) in [6, 6.07) is 9.89. The Morgan fingerprint density at radius 2 is 1.79 bits per heavy atom. The van der Waals surface area contributed by atoms with E-state index >= 15 is 0 Å². The molecule has 0 saturated heterocycles. The minimum Gasteiger partial charge on any atom is -0.457 e. The Labute approximate surface area is 143 Å². The number of carbonyl (C=O) groups excluding carboxylic acids is 1. The average molecular weight is 367 g/mol. The molecule has 4 nitrogen and oxygen atoms in total. The van der Waals surface area contributed by atoms with Gasteiger partial charge in [0.1, 0.15) is 12.4 Å². The van der Waals surface area contributed by atoms with Crippen molar-refractivity contribution in [1.29, 1.82) is 0 Å². The third-order valence-electron chi connectivity index (χ3n) is 3.68. The highest BCUT2D eigenvalue weighted by atomic mass is 35.5. The normalized spacial score (nSPS) is 14.9. The Balaban J connectivity index is 2.13. The predicted octanol–water partition coefficient (Wildman–Crippen LogP) is 3.35.